The number of halogens is 3. The van der Waals surface area contributed by atoms with Gasteiger partial charge in [-0.2, -0.15) is 0 Å². The molecule has 2 rings (SSSR count). The first-order chi connectivity index (χ1) is 8.00. The average Bonchev–Trinajstić information content (AvgIpc) is 2.30. The number of anilines is 1. The largest absolute Gasteiger partial charge is 0.394 e. The molecule has 0 saturated heterocycles. The monoisotopic (exact) mass is 253 g/mol. The third-order valence-electron chi connectivity index (χ3n) is 2.62. The standard InChI is InChI=1S/C13H10ClF2N/c1-7-2-3-8(14)6-10(7)9-4-5-11(15)13(17)12(9)16/h2-6H,17H2,1H3. The number of hydrogen-bond acceptors (Lipinski definition) is 1. The predicted molar refractivity (Wildman–Crippen MR) is 66.0 cm³/mol. The molecular weight excluding hydrogens is 244 g/mol. The van der Waals surface area contributed by atoms with Gasteiger partial charge in [-0.3, -0.25) is 0 Å². The molecular formula is C13H10ClF2N. The normalized spacial score (nSPS) is 10.6. The van der Waals surface area contributed by atoms with Crippen LogP contribution in [-0.2, 0) is 0 Å². The number of hydrogen-bond donors (Lipinski definition) is 1. The third-order valence-corrected chi connectivity index (χ3v) is 2.85. The molecule has 1 nitrogen and oxygen atoms in total. The zero-order chi connectivity index (χ0) is 12.6. The Hall–Kier alpha value is -1.61. The van der Waals surface area contributed by atoms with Gasteiger partial charge in [0.05, 0.1) is 0 Å². The van der Waals surface area contributed by atoms with E-state index in [1.807, 2.05) is 6.92 Å². The molecule has 0 radical (unpaired) electrons. The average molecular weight is 254 g/mol. The maximum atomic E-state index is 13.9. The second-order valence-corrected chi connectivity index (χ2v) is 4.22. The van der Waals surface area contributed by atoms with Gasteiger partial charge in [-0.05, 0) is 42.3 Å². The van der Waals surface area contributed by atoms with Crippen molar-refractivity contribution in [2.75, 3.05) is 5.73 Å². The fraction of sp³-hybridized carbons (Fsp3) is 0.0769. The SMILES string of the molecule is Cc1ccc(Cl)cc1-c1ccc(F)c(N)c1F. The van der Waals surface area contributed by atoms with E-state index in [-0.39, 0.29) is 5.56 Å². The van der Waals surface area contributed by atoms with Crippen LogP contribution in [0.3, 0.4) is 0 Å². The number of aryl methyl sites for hydroxylation is 1. The number of nitrogens with two attached hydrogens (primary N) is 1. The van der Waals surface area contributed by atoms with Crippen molar-refractivity contribution in [3.8, 4) is 11.1 Å². The number of benzene rings is 2. The summed E-state index contributed by atoms with van der Waals surface area (Å²) >= 11 is 5.86. The fourth-order valence-electron chi connectivity index (χ4n) is 1.66. The van der Waals surface area contributed by atoms with Crippen molar-refractivity contribution in [1.82, 2.24) is 0 Å². The Kier molecular flexibility index (Phi) is 3.03. The Labute approximate surface area is 103 Å². The first-order valence-corrected chi connectivity index (χ1v) is 5.38. The minimum absolute atomic E-state index is 0.254. The van der Waals surface area contributed by atoms with Crippen LogP contribution >= 0.6 is 11.6 Å². The summed E-state index contributed by atoms with van der Waals surface area (Å²) in [5, 5.41) is 0.493. The van der Waals surface area contributed by atoms with Gasteiger partial charge < -0.3 is 5.73 Å². The van der Waals surface area contributed by atoms with E-state index in [1.54, 1.807) is 18.2 Å². The first kappa shape index (κ1) is 11.9. The van der Waals surface area contributed by atoms with Crippen LogP contribution in [-0.4, -0.2) is 0 Å². The molecule has 0 fully saturated rings. The maximum Gasteiger partial charge on any atom is 0.156 e. The van der Waals surface area contributed by atoms with Crippen LogP contribution < -0.4 is 5.73 Å². The smallest absolute Gasteiger partial charge is 0.156 e. The van der Waals surface area contributed by atoms with Crippen LogP contribution in [0.4, 0.5) is 14.5 Å². The quantitative estimate of drug-likeness (QED) is 0.758. The van der Waals surface area contributed by atoms with E-state index in [4.69, 9.17) is 17.3 Å². The van der Waals surface area contributed by atoms with Crippen molar-refractivity contribution in [3.05, 3.63) is 52.6 Å². The molecule has 0 aliphatic heterocycles. The lowest BCUT2D eigenvalue weighted by Crippen LogP contribution is -1.98. The van der Waals surface area contributed by atoms with Crippen LogP contribution in [0.25, 0.3) is 11.1 Å². The molecule has 0 amide bonds. The van der Waals surface area contributed by atoms with Gasteiger partial charge in [0.15, 0.2) is 5.82 Å². The Morgan fingerprint density at radius 1 is 1.06 bits per heavy atom. The van der Waals surface area contributed by atoms with E-state index >= 15 is 0 Å². The summed E-state index contributed by atoms with van der Waals surface area (Å²) in [7, 11) is 0. The molecule has 0 atom stereocenters. The minimum Gasteiger partial charge on any atom is -0.394 e. The van der Waals surface area contributed by atoms with Crippen molar-refractivity contribution < 1.29 is 8.78 Å². The second-order valence-electron chi connectivity index (χ2n) is 3.78. The van der Waals surface area contributed by atoms with Crippen molar-refractivity contribution >= 4 is 17.3 Å². The molecule has 88 valence electrons. The van der Waals surface area contributed by atoms with Crippen molar-refractivity contribution in [2.45, 2.75) is 6.92 Å². The van der Waals surface area contributed by atoms with Crippen molar-refractivity contribution in [3.63, 3.8) is 0 Å². The van der Waals surface area contributed by atoms with Crippen LogP contribution in [0.2, 0.25) is 5.02 Å². The van der Waals surface area contributed by atoms with Gasteiger partial charge in [-0.15, -0.1) is 0 Å². The molecule has 0 aromatic heterocycles. The topological polar surface area (TPSA) is 26.0 Å². The summed E-state index contributed by atoms with van der Waals surface area (Å²) in [6.45, 7) is 1.82. The lowest BCUT2D eigenvalue weighted by Gasteiger charge is -2.09. The lowest BCUT2D eigenvalue weighted by molar-refractivity contribution is 0.594. The summed E-state index contributed by atoms with van der Waals surface area (Å²) in [4.78, 5) is 0. The highest BCUT2D eigenvalue weighted by Gasteiger charge is 2.13. The van der Waals surface area contributed by atoms with E-state index in [2.05, 4.69) is 0 Å². The van der Waals surface area contributed by atoms with Crippen LogP contribution in [0.5, 0.6) is 0 Å². The third kappa shape index (κ3) is 2.11. The Bertz CT molecular complexity index is 582. The van der Waals surface area contributed by atoms with Crippen molar-refractivity contribution in [1.29, 1.82) is 0 Å². The van der Waals surface area contributed by atoms with Crippen LogP contribution in [0.1, 0.15) is 5.56 Å². The zero-order valence-corrected chi connectivity index (χ0v) is 9.85. The van der Waals surface area contributed by atoms with Crippen LogP contribution in [0, 0.1) is 18.6 Å². The van der Waals surface area contributed by atoms with Gasteiger partial charge in [0.1, 0.15) is 11.5 Å². The molecule has 2 N–H and O–H groups in total. The van der Waals surface area contributed by atoms with Gasteiger partial charge in [-0.25, -0.2) is 8.78 Å². The van der Waals surface area contributed by atoms with Gasteiger partial charge in [0.2, 0.25) is 0 Å². The van der Waals surface area contributed by atoms with Crippen molar-refractivity contribution in [2.24, 2.45) is 0 Å². The number of rotatable bonds is 1. The molecule has 0 heterocycles. The summed E-state index contributed by atoms with van der Waals surface area (Å²) in [5.41, 5.74) is 6.57. The molecule has 0 unspecified atom stereocenters. The molecule has 0 aliphatic carbocycles. The molecule has 4 heteroatoms. The fourth-order valence-corrected chi connectivity index (χ4v) is 1.83. The Balaban J connectivity index is 2.69. The molecule has 0 bridgehead atoms. The van der Waals surface area contributed by atoms with Gasteiger partial charge in [0.25, 0.3) is 0 Å². The number of nitrogen functional groups attached to an aromatic ring is 1. The lowest BCUT2D eigenvalue weighted by atomic mass is 9.99. The van der Waals surface area contributed by atoms with Gasteiger partial charge >= 0.3 is 0 Å². The predicted octanol–water partition coefficient (Wildman–Crippen LogP) is 4.18. The molecule has 0 spiro atoms. The van der Waals surface area contributed by atoms with Crippen LogP contribution in [0.15, 0.2) is 30.3 Å². The molecule has 2 aromatic carbocycles. The maximum absolute atomic E-state index is 13.9. The summed E-state index contributed by atoms with van der Waals surface area (Å²) in [6.07, 6.45) is 0. The summed E-state index contributed by atoms with van der Waals surface area (Å²) in [5.74, 6) is -1.51. The van der Waals surface area contributed by atoms with E-state index in [0.29, 0.717) is 10.6 Å². The summed E-state index contributed by atoms with van der Waals surface area (Å²) < 4.78 is 26.9. The Morgan fingerprint density at radius 2 is 1.76 bits per heavy atom. The van der Waals surface area contributed by atoms with E-state index in [0.717, 1.165) is 11.6 Å². The van der Waals surface area contributed by atoms with Gasteiger partial charge in [0, 0.05) is 10.6 Å². The summed E-state index contributed by atoms with van der Waals surface area (Å²) in [6, 6.07) is 7.63. The highest BCUT2D eigenvalue weighted by atomic mass is 35.5. The molecule has 0 saturated carbocycles. The Morgan fingerprint density at radius 3 is 2.47 bits per heavy atom. The molecule has 0 aliphatic rings. The van der Waals surface area contributed by atoms with E-state index in [9.17, 15) is 8.78 Å². The van der Waals surface area contributed by atoms with E-state index < -0.39 is 17.3 Å². The zero-order valence-electron chi connectivity index (χ0n) is 9.10. The molecule has 17 heavy (non-hydrogen) atoms. The molecule has 2 aromatic rings. The first-order valence-electron chi connectivity index (χ1n) is 5.00. The minimum atomic E-state index is -0.758. The second kappa shape index (κ2) is 4.34. The van der Waals surface area contributed by atoms with Gasteiger partial charge in [-0.1, -0.05) is 17.7 Å². The highest BCUT2D eigenvalue weighted by molar-refractivity contribution is 6.30. The highest BCUT2D eigenvalue weighted by Crippen LogP contribution is 2.31. The van der Waals surface area contributed by atoms with E-state index in [1.165, 1.54) is 6.07 Å².